The van der Waals surface area contributed by atoms with Crippen LogP contribution in [0.4, 0.5) is 5.95 Å². The third kappa shape index (κ3) is 3.07. The molecule has 3 aromatic rings. The molecule has 4 rings (SSSR count). The highest BCUT2D eigenvalue weighted by atomic mass is 32.2. The molecule has 0 amide bonds. The summed E-state index contributed by atoms with van der Waals surface area (Å²) in [5.74, 6) is -0.128. The molecule has 5 nitrogen and oxygen atoms in total. The van der Waals surface area contributed by atoms with Crippen LogP contribution in [0.2, 0.25) is 0 Å². The number of anilines is 1. The molecular formula is C18H12N4OS3. The molecule has 0 spiro atoms. The minimum Gasteiger partial charge on any atom is -0.368 e. The Morgan fingerprint density at radius 3 is 2.81 bits per heavy atom. The minimum atomic E-state index is -0.365. The number of ketones is 1. The summed E-state index contributed by atoms with van der Waals surface area (Å²) in [5, 5.41) is 2.02. The SMILES string of the molecule is C=CC1C(=O)/C(=C/c2cc(-c3cnc4cnc(N)nc4c3)cs2)SC1=S. The molecule has 128 valence electrons. The van der Waals surface area contributed by atoms with Gasteiger partial charge in [0.05, 0.1) is 26.7 Å². The number of Topliss-reactive ketones (excluding diaryl/α,β-unsaturated/α-hetero) is 1. The zero-order valence-electron chi connectivity index (χ0n) is 13.4. The number of nitrogen functional groups attached to an aromatic ring is 1. The molecule has 1 fully saturated rings. The first-order valence-corrected chi connectivity index (χ1v) is 9.73. The third-order valence-corrected chi connectivity index (χ3v) is 6.28. The summed E-state index contributed by atoms with van der Waals surface area (Å²) in [5.41, 5.74) is 8.97. The van der Waals surface area contributed by atoms with Gasteiger partial charge in [0.1, 0.15) is 5.52 Å². The fourth-order valence-corrected chi connectivity index (χ4v) is 4.94. The number of thiophene rings is 1. The average molecular weight is 397 g/mol. The molecule has 1 atom stereocenters. The van der Waals surface area contributed by atoms with Gasteiger partial charge in [0.2, 0.25) is 5.95 Å². The average Bonchev–Trinajstić information content (AvgIpc) is 3.19. The molecule has 8 heteroatoms. The lowest BCUT2D eigenvalue weighted by atomic mass is 10.1. The number of pyridine rings is 1. The van der Waals surface area contributed by atoms with Gasteiger partial charge in [-0.1, -0.05) is 30.1 Å². The molecule has 0 radical (unpaired) electrons. The first-order chi connectivity index (χ1) is 12.5. The molecule has 0 bridgehead atoms. The van der Waals surface area contributed by atoms with Gasteiger partial charge < -0.3 is 5.73 Å². The van der Waals surface area contributed by atoms with Crippen molar-refractivity contribution in [3.8, 4) is 11.1 Å². The first kappa shape index (κ1) is 17.0. The number of aromatic nitrogens is 3. The zero-order valence-corrected chi connectivity index (χ0v) is 15.8. The molecule has 1 unspecified atom stereocenters. The van der Waals surface area contributed by atoms with Crippen LogP contribution in [-0.2, 0) is 4.79 Å². The third-order valence-electron chi connectivity index (χ3n) is 3.90. The summed E-state index contributed by atoms with van der Waals surface area (Å²) in [6.45, 7) is 3.69. The molecule has 1 aliphatic heterocycles. The fraction of sp³-hybridized carbons (Fsp3) is 0.0556. The topological polar surface area (TPSA) is 81.8 Å². The maximum Gasteiger partial charge on any atom is 0.220 e. The van der Waals surface area contributed by atoms with Crippen LogP contribution in [0.25, 0.3) is 28.2 Å². The van der Waals surface area contributed by atoms with Crippen LogP contribution in [0.15, 0.2) is 47.5 Å². The Hall–Kier alpha value is -2.42. The Morgan fingerprint density at radius 2 is 2.04 bits per heavy atom. The predicted octanol–water partition coefficient (Wildman–Crippen LogP) is 4.12. The van der Waals surface area contributed by atoms with Crippen LogP contribution in [0.5, 0.6) is 0 Å². The number of nitrogens with zero attached hydrogens (tertiary/aromatic N) is 3. The van der Waals surface area contributed by atoms with Crippen molar-refractivity contribution in [1.82, 2.24) is 15.0 Å². The lowest BCUT2D eigenvalue weighted by molar-refractivity contribution is -0.115. The van der Waals surface area contributed by atoms with Gasteiger partial charge in [0.15, 0.2) is 5.78 Å². The molecule has 3 aromatic heterocycles. The lowest BCUT2D eigenvalue weighted by Gasteiger charge is -2.00. The summed E-state index contributed by atoms with van der Waals surface area (Å²) >= 11 is 8.15. The van der Waals surface area contributed by atoms with Crippen LogP contribution >= 0.6 is 35.3 Å². The Kier molecular flexibility index (Phi) is 4.39. The van der Waals surface area contributed by atoms with Crippen LogP contribution < -0.4 is 5.73 Å². The Labute approximate surface area is 163 Å². The van der Waals surface area contributed by atoms with Gasteiger partial charge in [-0.05, 0) is 29.2 Å². The molecule has 1 aliphatic rings. The largest absolute Gasteiger partial charge is 0.368 e. The second-order valence-electron chi connectivity index (χ2n) is 5.60. The van der Waals surface area contributed by atoms with Crippen molar-refractivity contribution in [2.24, 2.45) is 5.92 Å². The molecule has 4 heterocycles. The Morgan fingerprint density at radius 1 is 1.19 bits per heavy atom. The van der Waals surface area contributed by atoms with Gasteiger partial charge in [-0.25, -0.2) is 9.97 Å². The second-order valence-corrected chi connectivity index (χ2v) is 8.33. The van der Waals surface area contributed by atoms with Crippen molar-refractivity contribution in [3.63, 3.8) is 0 Å². The molecule has 1 saturated heterocycles. The normalized spacial score (nSPS) is 18.8. The van der Waals surface area contributed by atoms with Crippen LogP contribution in [-0.4, -0.2) is 24.9 Å². The van der Waals surface area contributed by atoms with E-state index in [4.69, 9.17) is 18.0 Å². The van der Waals surface area contributed by atoms with Gasteiger partial charge in [-0.15, -0.1) is 17.9 Å². The number of allylic oxidation sites excluding steroid dienone is 2. The van der Waals surface area contributed by atoms with Crippen molar-refractivity contribution >= 4 is 68.4 Å². The molecule has 26 heavy (non-hydrogen) atoms. The zero-order chi connectivity index (χ0) is 18.3. The fourth-order valence-electron chi connectivity index (χ4n) is 2.59. The molecular weight excluding hydrogens is 384 g/mol. The highest BCUT2D eigenvalue weighted by Gasteiger charge is 2.32. The Balaban J connectivity index is 1.66. The number of carbonyl (C=O) groups is 1. The number of hydrogen-bond acceptors (Lipinski definition) is 8. The van der Waals surface area contributed by atoms with Crippen molar-refractivity contribution in [2.45, 2.75) is 0 Å². The summed E-state index contributed by atoms with van der Waals surface area (Å²) in [4.78, 5) is 26.5. The number of nitrogens with two attached hydrogens (primary N) is 1. The second kappa shape index (κ2) is 6.71. The van der Waals surface area contributed by atoms with Gasteiger partial charge in [0.25, 0.3) is 0 Å². The quantitative estimate of drug-likeness (QED) is 0.405. The Bertz CT molecular complexity index is 1100. The number of carbonyl (C=O) groups excluding carboxylic acids is 1. The lowest BCUT2D eigenvalue weighted by Crippen LogP contribution is -2.09. The monoisotopic (exact) mass is 396 g/mol. The van der Waals surface area contributed by atoms with Crippen LogP contribution in [0.1, 0.15) is 4.88 Å². The van der Waals surface area contributed by atoms with E-state index in [2.05, 4.69) is 21.5 Å². The van der Waals surface area contributed by atoms with E-state index in [9.17, 15) is 4.79 Å². The molecule has 0 aliphatic carbocycles. The van der Waals surface area contributed by atoms with E-state index in [1.165, 1.54) is 11.8 Å². The number of rotatable bonds is 3. The molecule has 0 saturated carbocycles. The predicted molar refractivity (Wildman–Crippen MR) is 112 cm³/mol. The van der Waals surface area contributed by atoms with Crippen LogP contribution in [0.3, 0.4) is 0 Å². The van der Waals surface area contributed by atoms with Gasteiger partial charge in [0, 0.05) is 16.6 Å². The van der Waals surface area contributed by atoms with E-state index in [-0.39, 0.29) is 17.6 Å². The maximum atomic E-state index is 12.3. The summed E-state index contributed by atoms with van der Waals surface area (Å²) in [6.07, 6.45) is 6.87. The van der Waals surface area contributed by atoms with Crippen molar-refractivity contribution < 1.29 is 4.79 Å². The van der Waals surface area contributed by atoms with Crippen molar-refractivity contribution in [3.05, 3.63) is 52.3 Å². The molecule has 0 aromatic carbocycles. The highest BCUT2D eigenvalue weighted by molar-refractivity contribution is 8.27. The first-order valence-electron chi connectivity index (χ1n) is 7.62. The number of fused-ring (bicyclic) bond motifs is 1. The van der Waals surface area contributed by atoms with Gasteiger partial charge in [-0.3, -0.25) is 9.78 Å². The summed E-state index contributed by atoms with van der Waals surface area (Å²) in [7, 11) is 0. The summed E-state index contributed by atoms with van der Waals surface area (Å²) in [6, 6.07) is 3.95. The minimum absolute atomic E-state index is 0.0181. The van der Waals surface area contributed by atoms with Crippen LogP contribution in [0, 0.1) is 5.92 Å². The maximum absolute atomic E-state index is 12.3. The van der Waals surface area contributed by atoms with E-state index in [1.807, 2.05) is 23.6 Å². The molecule has 2 N–H and O–H groups in total. The highest BCUT2D eigenvalue weighted by Crippen LogP contribution is 2.38. The van der Waals surface area contributed by atoms with E-state index < -0.39 is 0 Å². The van der Waals surface area contributed by atoms with Crippen molar-refractivity contribution in [2.75, 3.05) is 5.73 Å². The van der Waals surface area contributed by atoms with E-state index in [0.717, 1.165) is 16.0 Å². The summed E-state index contributed by atoms with van der Waals surface area (Å²) < 4.78 is 0.657. The van der Waals surface area contributed by atoms with Gasteiger partial charge >= 0.3 is 0 Å². The number of thioether (sulfide) groups is 1. The number of thiocarbonyl (C=S) groups is 1. The van der Waals surface area contributed by atoms with Crippen molar-refractivity contribution in [1.29, 1.82) is 0 Å². The van der Waals surface area contributed by atoms with Gasteiger partial charge in [-0.2, -0.15) is 0 Å². The smallest absolute Gasteiger partial charge is 0.220 e. The van der Waals surface area contributed by atoms with E-state index >= 15 is 0 Å². The van der Waals surface area contributed by atoms with E-state index in [1.54, 1.807) is 29.8 Å². The standard InChI is InChI=1S/C18H12N4OS3/c1-2-12-16(23)15(26-17(12)24)5-11-3-10(8-25-11)9-4-13-14(20-6-9)7-21-18(19)22-13/h2-8,12H,1H2,(H2,19,21,22)/b15-5-. The number of hydrogen-bond donors (Lipinski definition) is 1. The van der Waals surface area contributed by atoms with E-state index in [0.29, 0.717) is 20.1 Å².